The predicted octanol–water partition coefficient (Wildman–Crippen LogP) is -0.0552. The number of nitrogens with one attached hydrogen (secondary N) is 1. The van der Waals surface area contributed by atoms with Crippen LogP contribution in [0.5, 0.6) is 0 Å². The number of rotatable bonds is 1. The lowest BCUT2D eigenvalue weighted by molar-refractivity contribution is 0.536. The van der Waals surface area contributed by atoms with Gasteiger partial charge in [0.2, 0.25) is 0 Å². The van der Waals surface area contributed by atoms with Crippen molar-refractivity contribution in [2.24, 2.45) is 0 Å². The molecule has 0 spiro atoms. The predicted molar refractivity (Wildman–Crippen MR) is 40.2 cm³/mol. The fraction of sp³-hybridized carbons (Fsp3) is 0.833. The quantitative estimate of drug-likeness (QED) is 0.588. The number of sulfone groups is 1. The molecule has 0 amide bonds. The summed E-state index contributed by atoms with van der Waals surface area (Å²) in [5.74, 6) is 0. The van der Waals surface area contributed by atoms with Gasteiger partial charge in [-0.3, -0.25) is 0 Å². The van der Waals surface area contributed by atoms with Gasteiger partial charge in [-0.2, -0.15) is 0 Å². The Bertz CT molecular complexity index is 192. The maximum Gasteiger partial charge on any atom is 0.150 e. The van der Waals surface area contributed by atoms with E-state index < -0.39 is 9.84 Å². The summed E-state index contributed by atoms with van der Waals surface area (Å²) >= 11 is 0. The van der Waals surface area contributed by atoms with Crippen LogP contribution in [0.2, 0.25) is 0 Å². The lowest BCUT2D eigenvalue weighted by atomic mass is 10.2. The van der Waals surface area contributed by atoms with E-state index in [9.17, 15) is 8.42 Å². The third kappa shape index (κ3) is 1.95. The molecule has 1 radical (unpaired) electrons. The fourth-order valence-corrected chi connectivity index (χ4v) is 2.06. The van der Waals surface area contributed by atoms with Gasteiger partial charge in [-0.05, 0) is 19.4 Å². The highest BCUT2D eigenvalue weighted by Crippen LogP contribution is 2.13. The Morgan fingerprint density at radius 1 is 1.60 bits per heavy atom. The normalized spacial score (nSPS) is 22.9. The zero-order chi connectivity index (χ0) is 7.61. The molecule has 1 N–H and O–H groups in total. The van der Waals surface area contributed by atoms with Crippen LogP contribution in [-0.2, 0) is 9.84 Å². The van der Waals surface area contributed by atoms with Crippen molar-refractivity contribution in [2.75, 3.05) is 12.8 Å². The van der Waals surface area contributed by atoms with Crippen LogP contribution in [0.25, 0.3) is 0 Å². The van der Waals surface area contributed by atoms with Crippen LogP contribution in [0.1, 0.15) is 12.8 Å². The van der Waals surface area contributed by atoms with Crippen LogP contribution in [-0.4, -0.2) is 26.5 Å². The Morgan fingerprint density at radius 3 is 2.60 bits per heavy atom. The minimum atomic E-state index is -2.80. The highest BCUT2D eigenvalue weighted by molar-refractivity contribution is 7.91. The van der Waals surface area contributed by atoms with Gasteiger partial charge < -0.3 is 5.32 Å². The van der Waals surface area contributed by atoms with E-state index in [2.05, 4.69) is 5.32 Å². The molecule has 0 aromatic carbocycles. The van der Waals surface area contributed by atoms with Crippen molar-refractivity contribution in [3.63, 3.8) is 0 Å². The summed E-state index contributed by atoms with van der Waals surface area (Å²) in [6, 6.07) is 0. The van der Waals surface area contributed by atoms with E-state index in [1.165, 1.54) is 6.26 Å². The molecular weight excluding hydrogens is 150 g/mol. The Hall–Kier alpha value is -0.0900. The van der Waals surface area contributed by atoms with Crippen molar-refractivity contribution in [2.45, 2.75) is 18.1 Å². The van der Waals surface area contributed by atoms with E-state index >= 15 is 0 Å². The molecule has 0 aromatic heterocycles. The summed E-state index contributed by atoms with van der Waals surface area (Å²) in [6.07, 6.45) is 2.70. The third-order valence-corrected chi connectivity index (χ3v) is 3.38. The summed E-state index contributed by atoms with van der Waals surface area (Å²) in [5, 5.41) is 2.85. The van der Waals surface area contributed by atoms with Crippen molar-refractivity contribution in [1.29, 1.82) is 0 Å². The molecule has 1 rings (SSSR count). The maximum absolute atomic E-state index is 10.9. The highest BCUT2D eigenvalue weighted by Gasteiger charge is 2.22. The second kappa shape index (κ2) is 2.88. The van der Waals surface area contributed by atoms with Gasteiger partial charge in [0.15, 0.2) is 0 Å². The number of piperidine rings is 1. The van der Waals surface area contributed by atoms with E-state index in [-0.39, 0.29) is 5.25 Å². The second-order valence-corrected chi connectivity index (χ2v) is 4.96. The minimum Gasteiger partial charge on any atom is -0.312 e. The first-order chi connectivity index (χ1) is 4.61. The summed E-state index contributed by atoms with van der Waals surface area (Å²) < 4.78 is 21.9. The summed E-state index contributed by atoms with van der Waals surface area (Å²) in [7, 11) is -2.80. The van der Waals surface area contributed by atoms with Gasteiger partial charge in [-0.1, -0.05) is 0 Å². The summed E-state index contributed by atoms with van der Waals surface area (Å²) in [5.41, 5.74) is 0. The largest absolute Gasteiger partial charge is 0.312 e. The van der Waals surface area contributed by atoms with Gasteiger partial charge in [0.05, 0.1) is 5.25 Å². The lowest BCUT2D eigenvalue weighted by Gasteiger charge is -2.19. The number of hydrogen-bond donors (Lipinski definition) is 1. The van der Waals surface area contributed by atoms with Crippen molar-refractivity contribution < 1.29 is 8.42 Å². The van der Waals surface area contributed by atoms with Crippen LogP contribution in [0.4, 0.5) is 0 Å². The van der Waals surface area contributed by atoms with Gasteiger partial charge in [0, 0.05) is 12.8 Å². The fourth-order valence-electron chi connectivity index (χ4n) is 1.07. The molecule has 1 saturated heterocycles. The molecule has 10 heavy (non-hydrogen) atoms. The first-order valence-corrected chi connectivity index (χ1v) is 5.30. The van der Waals surface area contributed by atoms with Crippen molar-refractivity contribution in [1.82, 2.24) is 5.32 Å². The molecule has 1 heterocycles. The highest BCUT2D eigenvalue weighted by atomic mass is 32.2. The molecule has 1 fully saturated rings. The molecule has 59 valence electrons. The first kappa shape index (κ1) is 8.01. The maximum atomic E-state index is 10.9. The van der Waals surface area contributed by atoms with Gasteiger partial charge >= 0.3 is 0 Å². The van der Waals surface area contributed by atoms with Gasteiger partial charge in [0.1, 0.15) is 9.84 Å². The third-order valence-electron chi connectivity index (χ3n) is 1.74. The molecule has 1 unspecified atom stereocenters. The van der Waals surface area contributed by atoms with Crippen LogP contribution >= 0.6 is 0 Å². The molecule has 0 aliphatic carbocycles. The summed E-state index contributed by atoms with van der Waals surface area (Å²) in [4.78, 5) is 0. The van der Waals surface area contributed by atoms with Gasteiger partial charge in [-0.25, -0.2) is 8.42 Å². The minimum absolute atomic E-state index is 0.145. The van der Waals surface area contributed by atoms with E-state index in [0.29, 0.717) is 6.42 Å². The molecule has 4 heteroatoms. The first-order valence-electron chi connectivity index (χ1n) is 3.34. The van der Waals surface area contributed by atoms with Crippen LogP contribution < -0.4 is 5.32 Å². The Labute approximate surface area is 61.7 Å². The van der Waals surface area contributed by atoms with Crippen LogP contribution in [0.3, 0.4) is 0 Å². The van der Waals surface area contributed by atoms with Crippen molar-refractivity contribution in [3.8, 4) is 0 Å². The summed E-state index contributed by atoms with van der Waals surface area (Å²) in [6.45, 7) is 2.62. The molecule has 1 aliphatic rings. The van der Waals surface area contributed by atoms with E-state index in [0.717, 1.165) is 13.0 Å². The topological polar surface area (TPSA) is 46.2 Å². The van der Waals surface area contributed by atoms with Gasteiger partial charge in [0.25, 0.3) is 0 Å². The second-order valence-electron chi connectivity index (χ2n) is 2.63. The molecule has 3 nitrogen and oxygen atoms in total. The molecule has 1 atom stereocenters. The van der Waals surface area contributed by atoms with Crippen LogP contribution in [0.15, 0.2) is 0 Å². The van der Waals surface area contributed by atoms with E-state index in [1.54, 1.807) is 0 Å². The van der Waals surface area contributed by atoms with Crippen molar-refractivity contribution >= 4 is 9.84 Å². The molecule has 0 saturated carbocycles. The zero-order valence-electron chi connectivity index (χ0n) is 6.00. The lowest BCUT2D eigenvalue weighted by Crippen LogP contribution is -2.32. The molecule has 0 aromatic rings. The van der Waals surface area contributed by atoms with Crippen LogP contribution in [0, 0.1) is 6.54 Å². The Morgan fingerprint density at radius 2 is 2.30 bits per heavy atom. The average Bonchev–Trinajstić information content (AvgIpc) is 1.88. The SMILES string of the molecule is CS(=O)(=O)C1C[CH]NCC1. The Kier molecular flexibility index (Phi) is 2.31. The molecule has 0 bridgehead atoms. The monoisotopic (exact) mass is 162 g/mol. The smallest absolute Gasteiger partial charge is 0.150 e. The van der Waals surface area contributed by atoms with E-state index in [1.807, 2.05) is 6.54 Å². The molecular formula is C6H12NO2S. The number of hydrogen-bond acceptors (Lipinski definition) is 3. The zero-order valence-corrected chi connectivity index (χ0v) is 6.82. The standard InChI is InChI=1S/C6H12NO2S/c1-10(8,9)6-2-4-7-5-3-6/h4,6-7H,2-3,5H2,1H3. The Balaban J connectivity index is 2.56. The van der Waals surface area contributed by atoms with Gasteiger partial charge in [-0.15, -0.1) is 0 Å². The van der Waals surface area contributed by atoms with E-state index in [4.69, 9.17) is 0 Å². The van der Waals surface area contributed by atoms with Crippen molar-refractivity contribution in [3.05, 3.63) is 6.54 Å². The molecule has 1 aliphatic heterocycles. The average molecular weight is 162 g/mol.